The molecule has 2 aromatic rings. The fourth-order valence-electron chi connectivity index (χ4n) is 3.02. The molecular weight excluding hydrogens is 467 g/mol. The van der Waals surface area contributed by atoms with Crippen LogP contribution in [0.4, 0.5) is 5.69 Å². The number of guanidine groups is 1. The van der Waals surface area contributed by atoms with E-state index in [2.05, 4.69) is 41.2 Å². The number of hydrogen-bond acceptors (Lipinski definition) is 4. The van der Waals surface area contributed by atoms with Crippen LogP contribution in [-0.4, -0.2) is 44.7 Å². The Labute approximate surface area is 185 Å². The van der Waals surface area contributed by atoms with Crippen LogP contribution < -0.4 is 20.5 Å². The average Bonchev–Trinajstić information content (AvgIpc) is 2.71. The first-order valence-electron chi connectivity index (χ1n) is 9.20. The van der Waals surface area contributed by atoms with Crippen molar-refractivity contribution in [1.82, 2.24) is 4.90 Å². The maximum Gasteiger partial charge on any atom is 0.193 e. The Morgan fingerprint density at radius 1 is 1.04 bits per heavy atom. The van der Waals surface area contributed by atoms with Gasteiger partial charge in [-0.05, 0) is 42.9 Å². The highest BCUT2D eigenvalue weighted by Crippen LogP contribution is 2.25. The number of rotatable bonds is 9. The predicted molar refractivity (Wildman–Crippen MR) is 127 cm³/mol. The minimum absolute atomic E-state index is 0. The summed E-state index contributed by atoms with van der Waals surface area (Å²) < 4.78 is 10.6. The molecule has 0 aliphatic heterocycles. The van der Waals surface area contributed by atoms with Gasteiger partial charge in [0.2, 0.25) is 0 Å². The van der Waals surface area contributed by atoms with Gasteiger partial charge >= 0.3 is 0 Å². The molecule has 0 heterocycles. The molecule has 0 saturated heterocycles. The lowest BCUT2D eigenvalue weighted by Crippen LogP contribution is -2.32. The molecule has 3 N–H and O–H groups in total. The van der Waals surface area contributed by atoms with Crippen molar-refractivity contribution in [2.75, 3.05) is 39.2 Å². The van der Waals surface area contributed by atoms with Crippen molar-refractivity contribution in [1.29, 1.82) is 0 Å². The predicted octanol–water partition coefficient (Wildman–Crippen LogP) is 4.13. The van der Waals surface area contributed by atoms with Crippen molar-refractivity contribution in [3.63, 3.8) is 0 Å². The zero-order valence-corrected chi connectivity index (χ0v) is 19.3. The Balaban J connectivity index is 0.00000392. The molecule has 2 rings (SSSR count). The van der Waals surface area contributed by atoms with Crippen LogP contribution in [0.3, 0.4) is 0 Å². The summed E-state index contributed by atoms with van der Waals surface area (Å²) in [5, 5.41) is 3.13. The second kappa shape index (κ2) is 12.5. The lowest BCUT2D eigenvalue weighted by Gasteiger charge is -2.29. The molecule has 154 valence electrons. The van der Waals surface area contributed by atoms with E-state index in [1.54, 1.807) is 14.2 Å². The van der Waals surface area contributed by atoms with E-state index in [4.69, 9.17) is 15.2 Å². The van der Waals surface area contributed by atoms with Gasteiger partial charge in [0.15, 0.2) is 5.96 Å². The van der Waals surface area contributed by atoms with Crippen LogP contribution in [0.5, 0.6) is 11.5 Å². The molecule has 1 atom stereocenters. The number of anilines is 1. The molecular formula is C21H31IN4O2. The summed E-state index contributed by atoms with van der Waals surface area (Å²) in [5.74, 6) is 1.99. The van der Waals surface area contributed by atoms with Gasteiger partial charge in [-0.2, -0.15) is 0 Å². The number of aliphatic imine (C=N–C) groups is 1. The lowest BCUT2D eigenvalue weighted by molar-refractivity contribution is 0.224. The second-order valence-electron chi connectivity index (χ2n) is 6.10. The van der Waals surface area contributed by atoms with E-state index in [0.717, 1.165) is 35.8 Å². The quantitative estimate of drug-likeness (QED) is 0.309. The third kappa shape index (κ3) is 6.87. The zero-order valence-electron chi connectivity index (χ0n) is 17.0. The Morgan fingerprint density at radius 2 is 1.64 bits per heavy atom. The van der Waals surface area contributed by atoms with Gasteiger partial charge < -0.3 is 20.5 Å². The van der Waals surface area contributed by atoms with Gasteiger partial charge in [0.1, 0.15) is 11.5 Å². The first-order chi connectivity index (χ1) is 13.1. The molecule has 0 bridgehead atoms. The number of hydrogen-bond donors (Lipinski definition) is 2. The van der Waals surface area contributed by atoms with Gasteiger partial charge in [-0.15, -0.1) is 24.0 Å². The van der Waals surface area contributed by atoms with Crippen molar-refractivity contribution in [3.8, 4) is 11.5 Å². The number of nitrogens with one attached hydrogen (secondary N) is 1. The maximum absolute atomic E-state index is 6.12. The molecule has 0 fully saturated rings. The van der Waals surface area contributed by atoms with E-state index < -0.39 is 0 Å². The summed E-state index contributed by atoms with van der Waals surface area (Å²) in [7, 11) is 3.32. The number of nitrogens with zero attached hydrogens (tertiary/aromatic N) is 2. The normalized spacial score (nSPS) is 12.2. The first kappa shape index (κ1) is 24.0. The van der Waals surface area contributed by atoms with Crippen LogP contribution in [0.1, 0.15) is 25.5 Å². The standard InChI is InChI=1S/C21H30N4O2.HI/c1-5-25(6-2)20(16-9-7-11-18(13-16)26-3)15-23-21(22)24-17-10-8-12-19(14-17)27-4;/h7-14,20H,5-6,15H2,1-4H3,(H3,22,23,24);1H. The molecule has 2 aromatic carbocycles. The third-order valence-corrected chi connectivity index (χ3v) is 4.51. The van der Waals surface area contributed by atoms with Crippen molar-refractivity contribution in [3.05, 3.63) is 54.1 Å². The highest BCUT2D eigenvalue weighted by atomic mass is 127. The molecule has 0 aromatic heterocycles. The number of likely N-dealkylation sites (N-methyl/N-ethyl adjacent to an activating group) is 1. The lowest BCUT2D eigenvalue weighted by atomic mass is 10.0. The Hall–Kier alpha value is -2.00. The maximum atomic E-state index is 6.12. The number of methoxy groups -OCH3 is 2. The molecule has 0 aliphatic carbocycles. The molecule has 0 amide bonds. The van der Waals surface area contributed by atoms with Gasteiger partial charge in [-0.25, -0.2) is 0 Å². The largest absolute Gasteiger partial charge is 0.497 e. The zero-order chi connectivity index (χ0) is 19.6. The molecule has 0 aliphatic rings. The molecule has 7 heteroatoms. The van der Waals surface area contributed by atoms with Crippen LogP contribution in [0.15, 0.2) is 53.5 Å². The molecule has 6 nitrogen and oxygen atoms in total. The number of benzene rings is 2. The molecule has 1 unspecified atom stereocenters. The van der Waals surface area contributed by atoms with Crippen molar-refractivity contribution in [2.24, 2.45) is 10.7 Å². The van der Waals surface area contributed by atoms with Crippen molar-refractivity contribution < 1.29 is 9.47 Å². The SMILES string of the molecule is CCN(CC)C(CN=C(N)Nc1cccc(OC)c1)c1cccc(OC)c1.I. The Morgan fingerprint density at radius 3 is 2.25 bits per heavy atom. The van der Waals surface area contributed by atoms with E-state index in [0.29, 0.717) is 12.5 Å². The van der Waals surface area contributed by atoms with Crippen LogP contribution in [0.25, 0.3) is 0 Å². The minimum atomic E-state index is 0. The average molecular weight is 498 g/mol. The van der Waals surface area contributed by atoms with Gasteiger partial charge in [0, 0.05) is 11.8 Å². The van der Waals surface area contributed by atoms with E-state index in [9.17, 15) is 0 Å². The molecule has 0 spiro atoms. The number of nitrogens with two attached hydrogens (primary N) is 1. The molecule has 0 saturated carbocycles. The van der Waals surface area contributed by atoms with Crippen molar-refractivity contribution >= 4 is 35.6 Å². The second-order valence-corrected chi connectivity index (χ2v) is 6.10. The van der Waals surface area contributed by atoms with E-state index in [1.165, 1.54) is 0 Å². The highest BCUT2D eigenvalue weighted by Gasteiger charge is 2.18. The summed E-state index contributed by atoms with van der Waals surface area (Å²) in [6.45, 7) is 6.71. The summed E-state index contributed by atoms with van der Waals surface area (Å²) in [5.41, 5.74) is 8.12. The minimum Gasteiger partial charge on any atom is -0.497 e. The van der Waals surface area contributed by atoms with Gasteiger partial charge in [-0.3, -0.25) is 9.89 Å². The smallest absolute Gasteiger partial charge is 0.193 e. The van der Waals surface area contributed by atoms with Gasteiger partial charge in [-0.1, -0.05) is 32.0 Å². The van der Waals surface area contributed by atoms with Crippen LogP contribution in [0, 0.1) is 0 Å². The van der Waals surface area contributed by atoms with Crippen LogP contribution >= 0.6 is 24.0 Å². The monoisotopic (exact) mass is 498 g/mol. The van der Waals surface area contributed by atoms with E-state index in [1.807, 2.05) is 36.4 Å². The van der Waals surface area contributed by atoms with Crippen LogP contribution in [-0.2, 0) is 0 Å². The fourth-order valence-corrected chi connectivity index (χ4v) is 3.02. The van der Waals surface area contributed by atoms with Crippen LogP contribution in [0.2, 0.25) is 0 Å². The summed E-state index contributed by atoms with van der Waals surface area (Å²) >= 11 is 0. The van der Waals surface area contributed by atoms with Gasteiger partial charge in [0.25, 0.3) is 0 Å². The molecule has 0 radical (unpaired) electrons. The fraction of sp³-hybridized carbons (Fsp3) is 0.381. The third-order valence-electron chi connectivity index (χ3n) is 4.51. The Bertz CT molecular complexity index is 751. The van der Waals surface area contributed by atoms with E-state index >= 15 is 0 Å². The highest BCUT2D eigenvalue weighted by molar-refractivity contribution is 14.0. The van der Waals surface area contributed by atoms with Gasteiger partial charge in [0.05, 0.1) is 26.8 Å². The van der Waals surface area contributed by atoms with Crippen molar-refractivity contribution in [2.45, 2.75) is 19.9 Å². The topological polar surface area (TPSA) is 72.1 Å². The number of ether oxygens (including phenoxy) is 2. The molecule has 28 heavy (non-hydrogen) atoms. The summed E-state index contributed by atoms with van der Waals surface area (Å²) in [4.78, 5) is 6.94. The number of halogens is 1. The summed E-state index contributed by atoms with van der Waals surface area (Å²) in [6.07, 6.45) is 0. The summed E-state index contributed by atoms with van der Waals surface area (Å²) in [6, 6.07) is 15.8. The van der Waals surface area contributed by atoms with E-state index in [-0.39, 0.29) is 30.0 Å². The first-order valence-corrected chi connectivity index (χ1v) is 9.20. The Kier molecular flexibility index (Phi) is 10.7.